The fraction of sp³-hybridized carbons (Fsp3) is 0.611. The SMILES string of the molecule is CCNC(=NCC(c1ccc(F)cc1)N(C)C)NC(C)CCS(C)(=O)=O. The number of rotatable bonds is 9. The molecule has 0 spiro atoms. The lowest BCUT2D eigenvalue weighted by atomic mass is 10.1. The van der Waals surface area contributed by atoms with Crippen LogP contribution in [0.5, 0.6) is 0 Å². The predicted octanol–water partition coefficient (Wildman–Crippen LogP) is 1.81. The third-order valence-electron chi connectivity index (χ3n) is 3.95. The summed E-state index contributed by atoms with van der Waals surface area (Å²) >= 11 is 0. The molecule has 2 unspecified atom stereocenters. The highest BCUT2D eigenvalue weighted by molar-refractivity contribution is 7.90. The number of hydrogen-bond acceptors (Lipinski definition) is 4. The van der Waals surface area contributed by atoms with E-state index in [4.69, 9.17) is 0 Å². The van der Waals surface area contributed by atoms with Gasteiger partial charge in [-0.1, -0.05) is 12.1 Å². The molecule has 0 aliphatic carbocycles. The van der Waals surface area contributed by atoms with E-state index >= 15 is 0 Å². The van der Waals surface area contributed by atoms with Crippen LogP contribution in [-0.2, 0) is 9.84 Å². The summed E-state index contributed by atoms with van der Waals surface area (Å²) in [7, 11) is 0.933. The molecule has 0 heterocycles. The molecular formula is C18H31FN4O2S. The molecule has 0 aliphatic heterocycles. The van der Waals surface area contributed by atoms with Gasteiger partial charge in [-0.05, 0) is 52.1 Å². The zero-order valence-corrected chi connectivity index (χ0v) is 17.1. The fourth-order valence-electron chi connectivity index (χ4n) is 2.45. The zero-order chi connectivity index (χ0) is 19.7. The number of nitrogens with zero attached hydrogens (tertiary/aromatic N) is 2. The minimum Gasteiger partial charge on any atom is -0.357 e. The highest BCUT2D eigenvalue weighted by Crippen LogP contribution is 2.19. The Bertz CT molecular complexity index is 675. The molecule has 0 radical (unpaired) electrons. The lowest BCUT2D eigenvalue weighted by Crippen LogP contribution is -2.43. The molecule has 0 bridgehead atoms. The molecule has 1 rings (SSSR count). The van der Waals surface area contributed by atoms with E-state index in [-0.39, 0.29) is 23.7 Å². The first kappa shape index (κ1) is 22.4. The van der Waals surface area contributed by atoms with E-state index in [0.717, 1.165) is 5.56 Å². The molecule has 6 nitrogen and oxygen atoms in total. The van der Waals surface area contributed by atoms with Gasteiger partial charge < -0.3 is 15.5 Å². The van der Waals surface area contributed by atoms with Crippen molar-refractivity contribution < 1.29 is 12.8 Å². The molecule has 2 N–H and O–H groups in total. The number of sulfone groups is 1. The van der Waals surface area contributed by atoms with Crippen molar-refractivity contribution in [3.05, 3.63) is 35.6 Å². The molecule has 0 aromatic heterocycles. The number of guanidine groups is 1. The number of aliphatic imine (C=N–C) groups is 1. The second-order valence-corrected chi connectivity index (χ2v) is 8.97. The van der Waals surface area contributed by atoms with E-state index in [1.54, 1.807) is 12.1 Å². The van der Waals surface area contributed by atoms with Crippen molar-refractivity contribution in [3.63, 3.8) is 0 Å². The maximum absolute atomic E-state index is 13.2. The lowest BCUT2D eigenvalue weighted by molar-refractivity contribution is 0.306. The van der Waals surface area contributed by atoms with Crippen LogP contribution in [-0.4, -0.2) is 64.5 Å². The Morgan fingerprint density at radius 2 is 1.88 bits per heavy atom. The van der Waals surface area contributed by atoms with E-state index in [1.807, 2.05) is 32.8 Å². The van der Waals surface area contributed by atoms with E-state index in [0.29, 0.717) is 25.5 Å². The summed E-state index contributed by atoms with van der Waals surface area (Å²) in [5, 5.41) is 6.42. The Kier molecular flexibility index (Phi) is 9.01. The third kappa shape index (κ3) is 8.62. The van der Waals surface area contributed by atoms with Gasteiger partial charge in [0.15, 0.2) is 5.96 Å². The standard InChI is InChI=1S/C18H31FN4O2S/c1-6-20-18(22-14(2)11-12-26(5,24)25)21-13-17(23(3)4)15-7-9-16(19)10-8-15/h7-10,14,17H,6,11-13H2,1-5H3,(H2,20,21,22). The molecule has 0 aliphatic rings. The molecule has 0 fully saturated rings. The summed E-state index contributed by atoms with van der Waals surface area (Å²) in [4.78, 5) is 6.66. The molecule has 26 heavy (non-hydrogen) atoms. The topological polar surface area (TPSA) is 73.8 Å². The van der Waals surface area contributed by atoms with Crippen molar-refractivity contribution in [1.82, 2.24) is 15.5 Å². The Morgan fingerprint density at radius 1 is 1.27 bits per heavy atom. The first-order chi connectivity index (χ1) is 12.1. The van der Waals surface area contributed by atoms with Crippen molar-refractivity contribution in [2.24, 2.45) is 4.99 Å². The second kappa shape index (κ2) is 10.5. The van der Waals surface area contributed by atoms with Gasteiger partial charge in [0.2, 0.25) is 0 Å². The van der Waals surface area contributed by atoms with Crippen molar-refractivity contribution in [1.29, 1.82) is 0 Å². The number of benzene rings is 1. The van der Waals surface area contributed by atoms with Gasteiger partial charge >= 0.3 is 0 Å². The number of halogens is 1. The minimum atomic E-state index is -2.98. The van der Waals surface area contributed by atoms with Crippen LogP contribution < -0.4 is 10.6 Å². The largest absolute Gasteiger partial charge is 0.357 e. The summed E-state index contributed by atoms with van der Waals surface area (Å²) in [6.07, 6.45) is 1.75. The summed E-state index contributed by atoms with van der Waals surface area (Å²) in [6.45, 7) is 5.10. The van der Waals surface area contributed by atoms with Gasteiger partial charge in [0.25, 0.3) is 0 Å². The van der Waals surface area contributed by atoms with Crippen LogP contribution in [0.2, 0.25) is 0 Å². The average Bonchev–Trinajstić information content (AvgIpc) is 2.54. The summed E-state index contributed by atoms with van der Waals surface area (Å²) in [6, 6.07) is 6.43. The first-order valence-corrected chi connectivity index (χ1v) is 10.8. The van der Waals surface area contributed by atoms with Crippen LogP contribution in [0.15, 0.2) is 29.3 Å². The molecular weight excluding hydrogens is 355 g/mol. The van der Waals surface area contributed by atoms with E-state index in [2.05, 4.69) is 15.6 Å². The number of hydrogen-bond donors (Lipinski definition) is 2. The van der Waals surface area contributed by atoms with Crippen LogP contribution in [0, 0.1) is 5.82 Å². The first-order valence-electron chi connectivity index (χ1n) is 8.76. The summed E-state index contributed by atoms with van der Waals surface area (Å²) in [5.41, 5.74) is 0.987. The molecule has 2 atom stereocenters. The van der Waals surface area contributed by atoms with Gasteiger partial charge in [0.1, 0.15) is 15.7 Å². The highest BCUT2D eigenvalue weighted by atomic mass is 32.2. The monoisotopic (exact) mass is 386 g/mol. The predicted molar refractivity (Wildman–Crippen MR) is 106 cm³/mol. The van der Waals surface area contributed by atoms with Gasteiger partial charge in [-0.25, -0.2) is 12.8 Å². The summed E-state index contributed by atoms with van der Waals surface area (Å²) in [5.74, 6) is 0.517. The quantitative estimate of drug-likeness (QED) is 0.500. The van der Waals surface area contributed by atoms with Crippen LogP contribution >= 0.6 is 0 Å². The van der Waals surface area contributed by atoms with Crippen molar-refractivity contribution in [2.75, 3.05) is 39.2 Å². The molecule has 8 heteroatoms. The van der Waals surface area contributed by atoms with Crippen LogP contribution in [0.3, 0.4) is 0 Å². The van der Waals surface area contributed by atoms with Crippen LogP contribution in [0.1, 0.15) is 31.9 Å². The van der Waals surface area contributed by atoms with Crippen molar-refractivity contribution in [2.45, 2.75) is 32.4 Å². The van der Waals surface area contributed by atoms with Gasteiger partial charge in [-0.3, -0.25) is 4.99 Å². The van der Waals surface area contributed by atoms with Crippen LogP contribution in [0.4, 0.5) is 4.39 Å². The van der Waals surface area contributed by atoms with Gasteiger partial charge in [0, 0.05) is 18.8 Å². The fourth-order valence-corrected chi connectivity index (χ4v) is 3.23. The highest BCUT2D eigenvalue weighted by Gasteiger charge is 2.15. The minimum absolute atomic E-state index is 0.0115. The van der Waals surface area contributed by atoms with Gasteiger partial charge in [-0.2, -0.15) is 0 Å². The van der Waals surface area contributed by atoms with E-state index in [1.165, 1.54) is 18.4 Å². The maximum Gasteiger partial charge on any atom is 0.191 e. The van der Waals surface area contributed by atoms with Gasteiger partial charge in [0.05, 0.1) is 18.3 Å². The Morgan fingerprint density at radius 3 is 2.38 bits per heavy atom. The van der Waals surface area contributed by atoms with Crippen molar-refractivity contribution in [3.8, 4) is 0 Å². The maximum atomic E-state index is 13.2. The summed E-state index contributed by atoms with van der Waals surface area (Å²) < 4.78 is 35.8. The van der Waals surface area contributed by atoms with Crippen LogP contribution in [0.25, 0.3) is 0 Å². The molecule has 1 aromatic carbocycles. The third-order valence-corrected chi connectivity index (χ3v) is 4.93. The van der Waals surface area contributed by atoms with E-state index in [9.17, 15) is 12.8 Å². The Labute approximate surface area is 156 Å². The number of likely N-dealkylation sites (N-methyl/N-ethyl adjacent to an activating group) is 1. The molecule has 0 amide bonds. The average molecular weight is 387 g/mol. The van der Waals surface area contributed by atoms with Gasteiger partial charge in [-0.15, -0.1) is 0 Å². The van der Waals surface area contributed by atoms with E-state index < -0.39 is 9.84 Å². The zero-order valence-electron chi connectivity index (χ0n) is 16.3. The Balaban J connectivity index is 2.79. The second-order valence-electron chi connectivity index (χ2n) is 6.71. The smallest absolute Gasteiger partial charge is 0.191 e. The molecule has 148 valence electrons. The lowest BCUT2D eigenvalue weighted by Gasteiger charge is -2.24. The Hall–Kier alpha value is -1.67. The molecule has 0 saturated carbocycles. The molecule has 1 aromatic rings. The van der Waals surface area contributed by atoms with Crippen molar-refractivity contribution >= 4 is 15.8 Å². The number of nitrogens with one attached hydrogen (secondary N) is 2. The molecule has 0 saturated heterocycles. The normalized spacial score (nSPS) is 15.0.